The number of rotatable bonds is 3. The molecule has 2 heterocycles. The average molecular weight is 304 g/mol. The lowest BCUT2D eigenvalue weighted by atomic mass is 10.1. The lowest BCUT2D eigenvalue weighted by Gasteiger charge is -2.28. The summed E-state index contributed by atoms with van der Waals surface area (Å²) in [6, 6.07) is 16.5. The first kappa shape index (κ1) is 14.0. The van der Waals surface area contributed by atoms with Crippen molar-refractivity contribution in [3.8, 4) is 0 Å². The van der Waals surface area contributed by atoms with Crippen LogP contribution in [0, 0.1) is 0 Å². The highest BCUT2D eigenvalue weighted by Crippen LogP contribution is 2.25. The van der Waals surface area contributed by atoms with Crippen molar-refractivity contribution >= 4 is 28.0 Å². The van der Waals surface area contributed by atoms with E-state index in [0.29, 0.717) is 0 Å². The van der Waals surface area contributed by atoms with Gasteiger partial charge in [-0.15, -0.1) is 0 Å². The quantitative estimate of drug-likeness (QED) is 0.631. The van der Waals surface area contributed by atoms with Crippen LogP contribution in [0.2, 0.25) is 0 Å². The lowest BCUT2D eigenvalue weighted by molar-refractivity contribution is 0.578. The van der Waals surface area contributed by atoms with Gasteiger partial charge in [-0.3, -0.25) is 0 Å². The molecule has 4 rings (SSSR count). The fourth-order valence-corrected chi connectivity index (χ4v) is 3.10. The lowest BCUT2D eigenvalue weighted by Crippen LogP contribution is -2.29. The second kappa shape index (κ2) is 6.24. The summed E-state index contributed by atoms with van der Waals surface area (Å²) in [5, 5.41) is 9.85. The Hall–Kier alpha value is -2.62. The van der Waals surface area contributed by atoms with Gasteiger partial charge in [-0.05, 0) is 67.8 Å². The second-order valence-electron chi connectivity index (χ2n) is 6.01. The highest BCUT2D eigenvalue weighted by atomic mass is 15.1. The molecule has 0 atom stereocenters. The minimum Gasteiger partial charge on any atom is -0.372 e. The van der Waals surface area contributed by atoms with E-state index in [4.69, 9.17) is 0 Å². The van der Waals surface area contributed by atoms with E-state index in [0.717, 1.165) is 35.4 Å². The SMILES string of the molecule is c1cc2cc(N=Nc3ccc(N4CCCCC4)cc3)ccc2[nH]1. The minimum absolute atomic E-state index is 0.872. The van der Waals surface area contributed by atoms with Gasteiger partial charge in [-0.1, -0.05) is 0 Å². The van der Waals surface area contributed by atoms with Crippen molar-refractivity contribution in [3.63, 3.8) is 0 Å². The number of anilines is 1. The zero-order valence-corrected chi connectivity index (χ0v) is 13.1. The summed E-state index contributed by atoms with van der Waals surface area (Å²) >= 11 is 0. The van der Waals surface area contributed by atoms with Gasteiger partial charge in [0.15, 0.2) is 0 Å². The van der Waals surface area contributed by atoms with Crippen LogP contribution in [0.5, 0.6) is 0 Å². The highest BCUT2D eigenvalue weighted by Gasteiger charge is 2.10. The molecular formula is C19H20N4. The molecule has 0 bridgehead atoms. The molecule has 2 aromatic carbocycles. The zero-order chi connectivity index (χ0) is 15.5. The summed E-state index contributed by atoms with van der Waals surface area (Å²) in [6.45, 7) is 2.33. The molecule has 0 spiro atoms. The fraction of sp³-hybridized carbons (Fsp3) is 0.263. The summed E-state index contributed by atoms with van der Waals surface area (Å²) in [5.41, 5.74) is 4.17. The topological polar surface area (TPSA) is 43.8 Å². The maximum absolute atomic E-state index is 4.35. The van der Waals surface area contributed by atoms with Crippen molar-refractivity contribution < 1.29 is 0 Å². The number of azo groups is 1. The summed E-state index contributed by atoms with van der Waals surface area (Å²) < 4.78 is 0. The number of H-pyrrole nitrogens is 1. The van der Waals surface area contributed by atoms with Crippen molar-refractivity contribution in [2.75, 3.05) is 18.0 Å². The van der Waals surface area contributed by atoms with Crippen LogP contribution >= 0.6 is 0 Å². The molecule has 1 aromatic heterocycles. The van der Waals surface area contributed by atoms with Gasteiger partial charge in [0.05, 0.1) is 11.4 Å². The molecule has 4 nitrogen and oxygen atoms in total. The van der Waals surface area contributed by atoms with Gasteiger partial charge < -0.3 is 9.88 Å². The molecule has 116 valence electrons. The number of aromatic nitrogens is 1. The van der Waals surface area contributed by atoms with Crippen LogP contribution in [0.3, 0.4) is 0 Å². The first-order valence-electron chi connectivity index (χ1n) is 8.22. The molecule has 0 saturated carbocycles. The minimum atomic E-state index is 0.872. The number of piperidine rings is 1. The Labute approximate surface area is 135 Å². The van der Waals surface area contributed by atoms with Gasteiger partial charge in [0.25, 0.3) is 0 Å². The summed E-state index contributed by atoms with van der Waals surface area (Å²) in [5.74, 6) is 0. The number of nitrogens with zero attached hydrogens (tertiary/aromatic N) is 3. The first-order chi connectivity index (χ1) is 11.4. The molecule has 0 amide bonds. The Morgan fingerprint density at radius 1 is 0.783 bits per heavy atom. The van der Waals surface area contributed by atoms with Gasteiger partial charge in [-0.2, -0.15) is 10.2 Å². The van der Waals surface area contributed by atoms with E-state index in [9.17, 15) is 0 Å². The van der Waals surface area contributed by atoms with Crippen LogP contribution in [0.25, 0.3) is 10.9 Å². The van der Waals surface area contributed by atoms with Crippen LogP contribution in [0.4, 0.5) is 17.1 Å². The highest BCUT2D eigenvalue weighted by molar-refractivity contribution is 5.82. The molecule has 0 unspecified atom stereocenters. The Morgan fingerprint density at radius 2 is 1.52 bits per heavy atom. The maximum Gasteiger partial charge on any atom is 0.0864 e. The number of aromatic amines is 1. The number of hydrogen-bond acceptors (Lipinski definition) is 3. The number of benzene rings is 2. The van der Waals surface area contributed by atoms with Gasteiger partial charge in [0.1, 0.15) is 0 Å². The van der Waals surface area contributed by atoms with E-state index < -0.39 is 0 Å². The van der Waals surface area contributed by atoms with Crippen LogP contribution in [0.15, 0.2) is 65.0 Å². The average Bonchev–Trinajstić information content (AvgIpc) is 3.09. The van der Waals surface area contributed by atoms with E-state index in [1.807, 2.05) is 42.6 Å². The molecule has 1 fully saturated rings. The number of hydrogen-bond donors (Lipinski definition) is 1. The van der Waals surface area contributed by atoms with Crippen molar-refractivity contribution in [1.82, 2.24) is 4.98 Å². The molecular weight excluding hydrogens is 284 g/mol. The van der Waals surface area contributed by atoms with Gasteiger partial charge >= 0.3 is 0 Å². The smallest absolute Gasteiger partial charge is 0.0864 e. The van der Waals surface area contributed by atoms with Crippen molar-refractivity contribution in [2.24, 2.45) is 10.2 Å². The Kier molecular flexibility index (Phi) is 3.80. The van der Waals surface area contributed by atoms with Gasteiger partial charge in [-0.25, -0.2) is 0 Å². The Morgan fingerprint density at radius 3 is 2.35 bits per heavy atom. The molecule has 1 N–H and O–H groups in total. The monoisotopic (exact) mass is 304 g/mol. The van der Waals surface area contributed by atoms with Crippen LogP contribution < -0.4 is 4.90 Å². The standard InChI is InChI=1S/C19H20N4/c1-2-12-23(13-3-1)18-7-4-16(5-8-18)21-22-17-6-9-19-15(14-17)10-11-20-19/h4-11,14,20H,1-3,12-13H2. The third-order valence-corrected chi connectivity index (χ3v) is 4.39. The van der Waals surface area contributed by atoms with E-state index in [2.05, 4.69) is 32.2 Å². The second-order valence-corrected chi connectivity index (χ2v) is 6.01. The third kappa shape index (κ3) is 3.11. The largest absolute Gasteiger partial charge is 0.372 e. The molecule has 23 heavy (non-hydrogen) atoms. The van der Waals surface area contributed by atoms with E-state index in [-0.39, 0.29) is 0 Å². The number of nitrogens with one attached hydrogen (secondary N) is 1. The molecule has 1 aliphatic heterocycles. The third-order valence-electron chi connectivity index (χ3n) is 4.39. The van der Waals surface area contributed by atoms with Gasteiger partial charge in [0.2, 0.25) is 0 Å². The van der Waals surface area contributed by atoms with Crippen molar-refractivity contribution in [3.05, 3.63) is 54.7 Å². The molecule has 0 radical (unpaired) electrons. The molecule has 0 aliphatic carbocycles. The van der Waals surface area contributed by atoms with Crippen LogP contribution in [-0.2, 0) is 0 Å². The van der Waals surface area contributed by atoms with E-state index >= 15 is 0 Å². The Bertz CT molecular complexity index is 811. The zero-order valence-electron chi connectivity index (χ0n) is 13.1. The van der Waals surface area contributed by atoms with Crippen LogP contribution in [0.1, 0.15) is 19.3 Å². The van der Waals surface area contributed by atoms with E-state index in [1.54, 1.807) is 0 Å². The Balaban J connectivity index is 1.49. The van der Waals surface area contributed by atoms with Gasteiger partial charge in [0, 0.05) is 35.9 Å². The molecule has 4 heteroatoms. The van der Waals surface area contributed by atoms with E-state index in [1.165, 1.54) is 24.9 Å². The van der Waals surface area contributed by atoms with Crippen molar-refractivity contribution in [1.29, 1.82) is 0 Å². The normalized spacial score (nSPS) is 15.6. The van der Waals surface area contributed by atoms with Crippen molar-refractivity contribution in [2.45, 2.75) is 19.3 Å². The summed E-state index contributed by atoms with van der Waals surface area (Å²) in [6.07, 6.45) is 5.88. The molecule has 1 saturated heterocycles. The fourth-order valence-electron chi connectivity index (χ4n) is 3.10. The molecule has 3 aromatic rings. The van der Waals surface area contributed by atoms with Crippen LogP contribution in [-0.4, -0.2) is 18.1 Å². The summed E-state index contributed by atoms with van der Waals surface area (Å²) in [4.78, 5) is 5.63. The predicted octanol–water partition coefficient (Wildman–Crippen LogP) is 5.57. The maximum atomic E-state index is 4.35. The predicted molar refractivity (Wildman–Crippen MR) is 95.0 cm³/mol. The first-order valence-corrected chi connectivity index (χ1v) is 8.22. The summed E-state index contributed by atoms with van der Waals surface area (Å²) in [7, 11) is 0. The molecule has 1 aliphatic rings. The number of fused-ring (bicyclic) bond motifs is 1.